The lowest BCUT2D eigenvalue weighted by Crippen LogP contribution is -2.35. The first-order valence-electron chi connectivity index (χ1n) is 10.1. The summed E-state index contributed by atoms with van der Waals surface area (Å²) in [6.07, 6.45) is 6.59. The maximum Gasteiger partial charge on any atom is 0.238 e. The molecular weight excluding hydrogens is 417 g/mol. The number of primary sulfonamides is 1. The molecule has 2 heterocycles. The Morgan fingerprint density at radius 2 is 1.94 bits per heavy atom. The fraction of sp³-hybridized carbons (Fsp3) is 0.261. The van der Waals surface area contributed by atoms with Crippen LogP contribution in [0.25, 0.3) is 11.8 Å². The number of aryl methyl sites for hydroxylation is 1. The van der Waals surface area contributed by atoms with Crippen molar-refractivity contribution >= 4 is 16.1 Å². The van der Waals surface area contributed by atoms with Crippen LogP contribution in [0.2, 0.25) is 0 Å². The van der Waals surface area contributed by atoms with Crippen LogP contribution in [0, 0.1) is 5.82 Å². The van der Waals surface area contributed by atoms with Crippen LogP contribution in [0.3, 0.4) is 0 Å². The number of benzene rings is 2. The highest BCUT2D eigenvalue weighted by Crippen LogP contribution is 2.44. The molecule has 1 fully saturated rings. The Balaban J connectivity index is 1.46. The maximum absolute atomic E-state index is 13.3. The van der Waals surface area contributed by atoms with Crippen molar-refractivity contribution in [2.75, 3.05) is 6.61 Å². The van der Waals surface area contributed by atoms with Crippen molar-refractivity contribution in [3.8, 4) is 5.69 Å². The molecule has 1 atom stereocenters. The minimum absolute atomic E-state index is 0.163. The van der Waals surface area contributed by atoms with E-state index in [0.717, 1.165) is 23.4 Å². The Kier molecular flexibility index (Phi) is 4.80. The second-order valence-electron chi connectivity index (χ2n) is 8.04. The highest BCUT2D eigenvalue weighted by atomic mass is 32.2. The molecule has 0 saturated carbocycles. The minimum atomic E-state index is -3.79. The predicted molar refractivity (Wildman–Crippen MR) is 115 cm³/mol. The lowest BCUT2D eigenvalue weighted by atomic mass is 9.78. The predicted octanol–water partition coefficient (Wildman–Crippen LogP) is 3.39. The van der Waals surface area contributed by atoms with E-state index in [4.69, 9.17) is 9.88 Å². The molecule has 3 aromatic rings. The topological polar surface area (TPSA) is 87.2 Å². The van der Waals surface area contributed by atoms with Gasteiger partial charge in [-0.05, 0) is 66.8 Å². The van der Waals surface area contributed by atoms with E-state index >= 15 is 0 Å². The first kappa shape index (κ1) is 20.1. The van der Waals surface area contributed by atoms with Crippen LogP contribution < -0.4 is 5.14 Å². The van der Waals surface area contributed by atoms with Crippen LogP contribution in [0.15, 0.2) is 65.2 Å². The van der Waals surface area contributed by atoms with E-state index in [1.807, 2.05) is 16.9 Å². The molecule has 160 valence electrons. The van der Waals surface area contributed by atoms with Crippen molar-refractivity contribution in [1.29, 1.82) is 0 Å². The number of hydrogen-bond donors (Lipinski definition) is 1. The van der Waals surface area contributed by atoms with Gasteiger partial charge in [-0.25, -0.2) is 22.6 Å². The van der Waals surface area contributed by atoms with Gasteiger partial charge in [-0.2, -0.15) is 5.10 Å². The second kappa shape index (κ2) is 7.40. The fourth-order valence-electron chi connectivity index (χ4n) is 4.63. The van der Waals surface area contributed by atoms with E-state index in [-0.39, 0.29) is 10.7 Å². The Hall–Kier alpha value is -2.81. The van der Waals surface area contributed by atoms with Gasteiger partial charge in [0.2, 0.25) is 10.0 Å². The molecule has 1 aromatic heterocycles. The van der Waals surface area contributed by atoms with Crippen molar-refractivity contribution in [3.63, 3.8) is 0 Å². The van der Waals surface area contributed by atoms with Crippen LogP contribution >= 0.6 is 0 Å². The highest BCUT2D eigenvalue weighted by Gasteiger charge is 2.43. The largest absolute Gasteiger partial charge is 0.370 e. The SMILES string of the molecule is NS(=O)(=O)c1ccccc1CCC12Cc3cnn(-c4ccc(F)cc4)c3C=C1CCO2. The van der Waals surface area contributed by atoms with Gasteiger partial charge in [0.15, 0.2) is 0 Å². The molecule has 2 N–H and O–H groups in total. The van der Waals surface area contributed by atoms with Crippen molar-refractivity contribution in [2.24, 2.45) is 5.14 Å². The number of halogens is 1. The number of nitrogens with zero attached hydrogens (tertiary/aromatic N) is 2. The van der Waals surface area contributed by atoms with Gasteiger partial charge in [0, 0.05) is 12.0 Å². The molecule has 2 aromatic carbocycles. The van der Waals surface area contributed by atoms with Gasteiger partial charge in [0.25, 0.3) is 0 Å². The summed E-state index contributed by atoms with van der Waals surface area (Å²) in [5, 5.41) is 9.92. The third kappa shape index (κ3) is 3.60. The molecule has 1 unspecified atom stereocenters. The number of rotatable bonds is 5. The van der Waals surface area contributed by atoms with E-state index < -0.39 is 15.6 Å². The van der Waals surface area contributed by atoms with Crippen LogP contribution in [-0.4, -0.2) is 30.4 Å². The van der Waals surface area contributed by atoms with Gasteiger partial charge in [-0.1, -0.05) is 18.2 Å². The molecule has 6 nitrogen and oxygen atoms in total. The van der Waals surface area contributed by atoms with Crippen molar-refractivity contribution in [1.82, 2.24) is 9.78 Å². The van der Waals surface area contributed by atoms with Crippen molar-refractivity contribution in [3.05, 3.63) is 82.9 Å². The van der Waals surface area contributed by atoms with Crippen molar-refractivity contribution < 1.29 is 17.5 Å². The molecular formula is C23H22FN3O3S. The van der Waals surface area contributed by atoms with Gasteiger partial charge in [0.05, 0.1) is 34.7 Å². The van der Waals surface area contributed by atoms with E-state index in [9.17, 15) is 12.8 Å². The normalized spacial score (nSPS) is 20.3. The zero-order valence-corrected chi connectivity index (χ0v) is 17.6. The summed E-state index contributed by atoms with van der Waals surface area (Å²) in [4.78, 5) is 0.163. The number of sulfonamides is 1. The molecule has 2 aliphatic rings. The van der Waals surface area contributed by atoms with Gasteiger partial charge >= 0.3 is 0 Å². The standard InChI is InChI=1S/C23H22FN3O3S/c24-19-5-7-20(8-6-19)27-21-13-18-10-12-30-23(18,14-17(21)15-26-27)11-9-16-3-1-2-4-22(16)31(25,28)29/h1-8,13,15H,9-12,14H2,(H2,25,28,29). The molecule has 31 heavy (non-hydrogen) atoms. The third-order valence-corrected chi connectivity index (χ3v) is 7.17. The summed E-state index contributed by atoms with van der Waals surface area (Å²) in [7, 11) is -3.79. The smallest absolute Gasteiger partial charge is 0.238 e. The number of ether oxygens (including phenoxy) is 1. The molecule has 5 rings (SSSR count). The first-order chi connectivity index (χ1) is 14.9. The zero-order valence-electron chi connectivity index (χ0n) is 16.8. The Bertz CT molecular complexity index is 1280. The molecule has 1 aliphatic carbocycles. The second-order valence-corrected chi connectivity index (χ2v) is 9.56. The van der Waals surface area contributed by atoms with E-state index in [1.54, 1.807) is 30.3 Å². The first-order valence-corrected chi connectivity index (χ1v) is 11.7. The van der Waals surface area contributed by atoms with Crippen molar-refractivity contribution in [2.45, 2.75) is 36.2 Å². The molecule has 0 spiro atoms. The zero-order chi connectivity index (χ0) is 21.6. The Morgan fingerprint density at radius 3 is 2.71 bits per heavy atom. The summed E-state index contributed by atoms with van der Waals surface area (Å²) in [5.74, 6) is -0.286. The van der Waals surface area contributed by atoms with Crippen LogP contribution in [0.4, 0.5) is 4.39 Å². The summed E-state index contributed by atoms with van der Waals surface area (Å²) in [5.41, 5.74) is 4.23. The summed E-state index contributed by atoms with van der Waals surface area (Å²) >= 11 is 0. The molecule has 8 heteroatoms. The van der Waals surface area contributed by atoms with E-state index in [0.29, 0.717) is 31.4 Å². The van der Waals surface area contributed by atoms with E-state index in [2.05, 4.69) is 11.2 Å². The molecule has 1 saturated heterocycles. The maximum atomic E-state index is 13.3. The lowest BCUT2D eigenvalue weighted by molar-refractivity contribution is 0.0175. The number of nitrogens with two attached hydrogens (primary N) is 1. The molecule has 0 radical (unpaired) electrons. The number of fused-ring (bicyclic) bond motifs is 2. The Morgan fingerprint density at radius 1 is 1.16 bits per heavy atom. The van der Waals surface area contributed by atoms with Gasteiger partial charge in [0.1, 0.15) is 5.82 Å². The highest BCUT2D eigenvalue weighted by molar-refractivity contribution is 7.89. The average molecular weight is 440 g/mol. The monoisotopic (exact) mass is 439 g/mol. The minimum Gasteiger partial charge on any atom is -0.370 e. The lowest BCUT2D eigenvalue weighted by Gasteiger charge is -2.33. The van der Waals surface area contributed by atoms with Gasteiger partial charge < -0.3 is 4.74 Å². The summed E-state index contributed by atoms with van der Waals surface area (Å²) < 4.78 is 45.3. The summed E-state index contributed by atoms with van der Waals surface area (Å²) in [6, 6.07) is 13.1. The molecule has 0 bridgehead atoms. The van der Waals surface area contributed by atoms with Crippen LogP contribution in [-0.2, 0) is 27.6 Å². The molecule has 1 aliphatic heterocycles. The Labute approximate surface area is 180 Å². The molecule has 0 amide bonds. The van der Waals surface area contributed by atoms with Gasteiger partial charge in [-0.15, -0.1) is 0 Å². The average Bonchev–Trinajstić information content (AvgIpc) is 3.34. The quantitative estimate of drug-likeness (QED) is 0.660. The third-order valence-electron chi connectivity index (χ3n) is 6.16. The van der Waals surface area contributed by atoms with Crippen LogP contribution in [0.1, 0.15) is 29.7 Å². The number of aromatic nitrogens is 2. The fourth-order valence-corrected chi connectivity index (χ4v) is 5.44. The summed E-state index contributed by atoms with van der Waals surface area (Å²) in [6.45, 7) is 0.622. The van der Waals surface area contributed by atoms with Crippen LogP contribution in [0.5, 0.6) is 0 Å². The van der Waals surface area contributed by atoms with Gasteiger partial charge in [-0.3, -0.25) is 0 Å². The van der Waals surface area contributed by atoms with E-state index in [1.165, 1.54) is 17.7 Å². The number of hydrogen-bond acceptors (Lipinski definition) is 4.